The Hall–Kier alpha value is -0.210. The SMILES string of the molecule is CN(C)c1s[c]cc1Cl. The maximum atomic E-state index is 5.77. The molecule has 0 fully saturated rings. The van der Waals surface area contributed by atoms with Crippen molar-refractivity contribution in [3.05, 3.63) is 16.5 Å². The Kier molecular flexibility index (Phi) is 1.98. The second-order valence-corrected chi connectivity index (χ2v) is 3.15. The lowest BCUT2D eigenvalue weighted by Gasteiger charge is -2.08. The normalized spacial score (nSPS) is 9.67. The monoisotopic (exact) mass is 160 g/mol. The summed E-state index contributed by atoms with van der Waals surface area (Å²) in [4.78, 5) is 1.98. The Morgan fingerprint density at radius 3 is 2.56 bits per heavy atom. The van der Waals surface area contributed by atoms with Crippen molar-refractivity contribution in [2.24, 2.45) is 0 Å². The van der Waals surface area contributed by atoms with E-state index in [0.717, 1.165) is 10.0 Å². The number of hydrogen-bond acceptors (Lipinski definition) is 2. The van der Waals surface area contributed by atoms with Gasteiger partial charge in [-0.15, -0.1) is 11.3 Å². The number of hydrogen-bond donors (Lipinski definition) is 0. The third-order valence-electron chi connectivity index (χ3n) is 0.952. The van der Waals surface area contributed by atoms with Crippen molar-refractivity contribution in [2.75, 3.05) is 19.0 Å². The lowest BCUT2D eigenvalue weighted by atomic mass is 10.6. The molecule has 0 aliphatic heterocycles. The van der Waals surface area contributed by atoms with Gasteiger partial charge in [0, 0.05) is 19.5 Å². The molecule has 0 aliphatic carbocycles. The molecule has 9 heavy (non-hydrogen) atoms. The van der Waals surface area contributed by atoms with Gasteiger partial charge in [0.2, 0.25) is 0 Å². The van der Waals surface area contributed by atoms with E-state index in [1.165, 1.54) is 11.3 Å². The molecule has 3 heteroatoms. The molecule has 0 bridgehead atoms. The van der Waals surface area contributed by atoms with E-state index in [9.17, 15) is 0 Å². The lowest BCUT2D eigenvalue weighted by Crippen LogP contribution is -2.06. The lowest BCUT2D eigenvalue weighted by molar-refractivity contribution is 1.16. The van der Waals surface area contributed by atoms with Crippen molar-refractivity contribution in [1.29, 1.82) is 0 Å². The second kappa shape index (κ2) is 2.58. The van der Waals surface area contributed by atoms with Crippen LogP contribution in [0.3, 0.4) is 0 Å². The second-order valence-electron chi connectivity index (χ2n) is 1.91. The summed E-state index contributed by atoms with van der Waals surface area (Å²) < 4.78 is 0. The molecule has 1 aromatic heterocycles. The molecule has 0 saturated heterocycles. The third kappa shape index (κ3) is 1.37. The van der Waals surface area contributed by atoms with Gasteiger partial charge < -0.3 is 4.90 Å². The minimum Gasteiger partial charge on any atom is -0.368 e. The van der Waals surface area contributed by atoms with Gasteiger partial charge in [-0.1, -0.05) is 11.6 Å². The van der Waals surface area contributed by atoms with Crippen LogP contribution in [-0.2, 0) is 0 Å². The van der Waals surface area contributed by atoms with Crippen molar-refractivity contribution in [1.82, 2.24) is 0 Å². The summed E-state index contributed by atoms with van der Waals surface area (Å²) in [6.07, 6.45) is 0. The Morgan fingerprint density at radius 2 is 2.33 bits per heavy atom. The maximum Gasteiger partial charge on any atom is 0.110 e. The van der Waals surface area contributed by atoms with E-state index >= 15 is 0 Å². The molecule has 1 aromatic rings. The van der Waals surface area contributed by atoms with Crippen LogP contribution in [0, 0.1) is 5.38 Å². The summed E-state index contributed by atoms with van der Waals surface area (Å²) in [7, 11) is 3.93. The van der Waals surface area contributed by atoms with Gasteiger partial charge in [0.25, 0.3) is 0 Å². The summed E-state index contributed by atoms with van der Waals surface area (Å²) in [6.45, 7) is 0. The molecule has 0 aliphatic rings. The van der Waals surface area contributed by atoms with Gasteiger partial charge in [-0.2, -0.15) is 0 Å². The molecule has 1 heterocycles. The molecule has 0 N–H and O–H groups in total. The van der Waals surface area contributed by atoms with E-state index in [2.05, 4.69) is 5.38 Å². The topological polar surface area (TPSA) is 3.24 Å². The highest BCUT2D eigenvalue weighted by Crippen LogP contribution is 2.29. The standard InChI is InChI=1S/C6H7ClNS/c1-8(2)6-5(7)3-4-9-6/h3H,1-2H3. The highest BCUT2D eigenvalue weighted by atomic mass is 35.5. The van der Waals surface area contributed by atoms with Crippen LogP contribution in [0.5, 0.6) is 0 Å². The molecule has 0 saturated carbocycles. The Balaban J connectivity index is 2.94. The molecular formula is C6H7ClNS. The molecular weight excluding hydrogens is 154 g/mol. The predicted molar refractivity (Wildman–Crippen MR) is 42.5 cm³/mol. The van der Waals surface area contributed by atoms with E-state index in [1.54, 1.807) is 6.07 Å². The van der Waals surface area contributed by atoms with Crippen molar-refractivity contribution in [2.45, 2.75) is 0 Å². The van der Waals surface area contributed by atoms with Crippen LogP contribution in [0.4, 0.5) is 5.00 Å². The summed E-state index contributed by atoms with van der Waals surface area (Å²) in [5.74, 6) is 0. The van der Waals surface area contributed by atoms with E-state index in [1.807, 2.05) is 19.0 Å². The number of rotatable bonds is 1. The Bertz CT molecular complexity index is 195. The van der Waals surface area contributed by atoms with Gasteiger partial charge in [-0.3, -0.25) is 0 Å². The maximum absolute atomic E-state index is 5.77. The first-order chi connectivity index (χ1) is 4.22. The predicted octanol–water partition coefficient (Wildman–Crippen LogP) is 2.27. The van der Waals surface area contributed by atoms with Crippen molar-refractivity contribution >= 4 is 27.9 Å². The van der Waals surface area contributed by atoms with Gasteiger partial charge in [0.1, 0.15) is 5.00 Å². The number of halogens is 1. The van der Waals surface area contributed by atoms with Gasteiger partial charge in [-0.05, 0) is 6.07 Å². The van der Waals surface area contributed by atoms with Crippen LogP contribution in [-0.4, -0.2) is 14.1 Å². The molecule has 0 unspecified atom stereocenters. The molecule has 1 nitrogen and oxygen atoms in total. The van der Waals surface area contributed by atoms with E-state index in [-0.39, 0.29) is 0 Å². The summed E-state index contributed by atoms with van der Waals surface area (Å²) >= 11 is 7.30. The summed E-state index contributed by atoms with van der Waals surface area (Å²) in [5, 5.41) is 4.80. The fourth-order valence-electron chi connectivity index (χ4n) is 0.552. The zero-order chi connectivity index (χ0) is 6.85. The molecule has 0 amide bonds. The smallest absolute Gasteiger partial charge is 0.110 e. The third-order valence-corrected chi connectivity index (χ3v) is 2.37. The van der Waals surface area contributed by atoms with Gasteiger partial charge in [0.15, 0.2) is 0 Å². The van der Waals surface area contributed by atoms with Crippen LogP contribution in [0.15, 0.2) is 6.07 Å². The Labute approximate surface area is 63.9 Å². The average Bonchev–Trinajstić information content (AvgIpc) is 2.13. The zero-order valence-corrected chi connectivity index (χ0v) is 6.88. The highest BCUT2D eigenvalue weighted by Gasteiger charge is 2.01. The molecule has 0 spiro atoms. The minimum absolute atomic E-state index is 0.782. The van der Waals surface area contributed by atoms with Crippen molar-refractivity contribution < 1.29 is 0 Å². The van der Waals surface area contributed by atoms with E-state index in [0.29, 0.717) is 0 Å². The minimum atomic E-state index is 0.782. The molecule has 0 atom stereocenters. The first-order valence-electron chi connectivity index (χ1n) is 2.54. The molecule has 0 aromatic carbocycles. The Morgan fingerprint density at radius 1 is 1.67 bits per heavy atom. The average molecular weight is 161 g/mol. The van der Waals surface area contributed by atoms with Gasteiger partial charge in [0.05, 0.1) is 5.02 Å². The molecule has 1 radical (unpaired) electrons. The molecule has 49 valence electrons. The van der Waals surface area contributed by atoms with Crippen molar-refractivity contribution in [3.8, 4) is 0 Å². The van der Waals surface area contributed by atoms with Crippen molar-refractivity contribution in [3.63, 3.8) is 0 Å². The van der Waals surface area contributed by atoms with Gasteiger partial charge in [-0.25, -0.2) is 0 Å². The number of nitrogens with zero attached hydrogens (tertiary/aromatic N) is 1. The van der Waals surface area contributed by atoms with Crippen LogP contribution < -0.4 is 4.90 Å². The number of thiophene rings is 1. The quantitative estimate of drug-likeness (QED) is 0.609. The first-order valence-corrected chi connectivity index (χ1v) is 3.74. The fraction of sp³-hybridized carbons (Fsp3) is 0.333. The van der Waals surface area contributed by atoms with E-state index < -0.39 is 0 Å². The largest absolute Gasteiger partial charge is 0.368 e. The summed E-state index contributed by atoms with van der Waals surface area (Å²) in [5.41, 5.74) is 0. The fourth-order valence-corrected chi connectivity index (χ4v) is 1.58. The van der Waals surface area contributed by atoms with Crippen LogP contribution >= 0.6 is 22.9 Å². The zero-order valence-electron chi connectivity index (χ0n) is 5.31. The molecule has 1 rings (SSSR count). The van der Waals surface area contributed by atoms with Crippen LogP contribution in [0.1, 0.15) is 0 Å². The van der Waals surface area contributed by atoms with Crippen LogP contribution in [0.25, 0.3) is 0 Å². The van der Waals surface area contributed by atoms with Gasteiger partial charge >= 0.3 is 0 Å². The summed E-state index contributed by atoms with van der Waals surface area (Å²) in [6, 6.07) is 1.78. The van der Waals surface area contributed by atoms with E-state index in [4.69, 9.17) is 11.6 Å². The highest BCUT2D eigenvalue weighted by molar-refractivity contribution is 7.14. The first kappa shape index (κ1) is 6.90. The number of anilines is 1. The van der Waals surface area contributed by atoms with Crippen LogP contribution in [0.2, 0.25) is 5.02 Å².